The van der Waals surface area contributed by atoms with Crippen LogP contribution in [0.2, 0.25) is 0 Å². The van der Waals surface area contributed by atoms with Crippen molar-refractivity contribution in [1.82, 2.24) is 9.80 Å². The standard InChI is InChI=1S/C22H24FN3O4/c1-3-18(20(27)24-17-6-4-5-7-19(17)30-2)26-13-12-25(21(28)22(26)29)14-15-8-10-16(23)11-9-15/h4-11,18H,3,12-14H2,1-2H3,(H,24,27)/t18-/m1/s1. The highest BCUT2D eigenvalue weighted by molar-refractivity contribution is 6.35. The van der Waals surface area contributed by atoms with Crippen molar-refractivity contribution in [1.29, 1.82) is 0 Å². The first-order chi connectivity index (χ1) is 14.4. The van der Waals surface area contributed by atoms with Crippen molar-refractivity contribution in [3.8, 4) is 5.75 Å². The Bertz CT molecular complexity index is 932. The van der Waals surface area contributed by atoms with E-state index in [-0.39, 0.29) is 24.8 Å². The van der Waals surface area contributed by atoms with E-state index in [2.05, 4.69) is 5.32 Å². The largest absolute Gasteiger partial charge is 0.495 e. The summed E-state index contributed by atoms with van der Waals surface area (Å²) in [7, 11) is 1.50. The van der Waals surface area contributed by atoms with E-state index in [1.807, 2.05) is 0 Å². The molecule has 3 rings (SSSR count). The van der Waals surface area contributed by atoms with E-state index >= 15 is 0 Å². The number of carbonyl (C=O) groups is 3. The minimum atomic E-state index is -0.778. The second-order valence-corrected chi connectivity index (χ2v) is 6.97. The molecule has 0 radical (unpaired) electrons. The number of nitrogens with zero attached hydrogens (tertiary/aromatic N) is 2. The molecule has 2 aromatic carbocycles. The van der Waals surface area contributed by atoms with Crippen LogP contribution < -0.4 is 10.1 Å². The van der Waals surface area contributed by atoms with Crippen molar-refractivity contribution in [2.24, 2.45) is 0 Å². The number of hydrogen-bond acceptors (Lipinski definition) is 4. The van der Waals surface area contributed by atoms with Crippen molar-refractivity contribution in [2.75, 3.05) is 25.5 Å². The molecule has 2 aromatic rings. The average Bonchev–Trinajstić information content (AvgIpc) is 2.75. The fourth-order valence-corrected chi connectivity index (χ4v) is 3.46. The molecule has 0 bridgehead atoms. The lowest BCUT2D eigenvalue weighted by molar-refractivity contribution is -0.159. The third-order valence-corrected chi connectivity index (χ3v) is 5.06. The van der Waals surface area contributed by atoms with Crippen LogP contribution in [0.4, 0.5) is 10.1 Å². The van der Waals surface area contributed by atoms with Gasteiger partial charge in [-0.25, -0.2) is 4.39 Å². The Morgan fingerprint density at radius 3 is 2.47 bits per heavy atom. The van der Waals surface area contributed by atoms with Crippen LogP contribution in [0.3, 0.4) is 0 Å². The lowest BCUT2D eigenvalue weighted by Crippen LogP contribution is -2.59. The molecule has 0 aliphatic carbocycles. The van der Waals surface area contributed by atoms with Crippen LogP contribution in [0.25, 0.3) is 0 Å². The Morgan fingerprint density at radius 2 is 1.80 bits per heavy atom. The van der Waals surface area contributed by atoms with E-state index < -0.39 is 17.9 Å². The molecular formula is C22H24FN3O4. The van der Waals surface area contributed by atoms with E-state index in [9.17, 15) is 18.8 Å². The second-order valence-electron chi connectivity index (χ2n) is 6.97. The van der Waals surface area contributed by atoms with Gasteiger partial charge in [0.05, 0.1) is 12.8 Å². The lowest BCUT2D eigenvalue weighted by Gasteiger charge is -2.37. The third-order valence-electron chi connectivity index (χ3n) is 5.06. The number of para-hydroxylation sites is 2. The SMILES string of the molecule is CC[C@H](C(=O)Nc1ccccc1OC)N1CCN(Cc2ccc(F)cc2)C(=O)C1=O. The fraction of sp³-hybridized carbons (Fsp3) is 0.318. The van der Waals surface area contributed by atoms with Crippen LogP contribution in [0.15, 0.2) is 48.5 Å². The molecule has 0 unspecified atom stereocenters. The molecule has 7 nitrogen and oxygen atoms in total. The Kier molecular flexibility index (Phi) is 6.66. The van der Waals surface area contributed by atoms with Crippen LogP contribution in [0.1, 0.15) is 18.9 Å². The first kappa shape index (κ1) is 21.3. The van der Waals surface area contributed by atoms with Crippen molar-refractivity contribution < 1.29 is 23.5 Å². The van der Waals surface area contributed by atoms with Gasteiger partial charge in [-0.15, -0.1) is 0 Å². The first-order valence-corrected chi connectivity index (χ1v) is 9.72. The zero-order valence-corrected chi connectivity index (χ0v) is 16.9. The molecule has 3 amide bonds. The number of amides is 3. The third kappa shape index (κ3) is 4.59. The van der Waals surface area contributed by atoms with Crippen molar-refractivity contribution in [3.05, 3.63) is 59.9 Å². The molecule has 30 heavy (non-hydrogen) atoms. The summed E-state index contributed by atoms with van der Waals surface area (Å²) in [5.74, 6) is -1.63. The molecule has 1 N–H and O–H groups in total. The number of hydrogen-bond donors (Lipinski definition) is 1. The highest BCUT2D eigenvalue weighted by Gasteiger charge is 2.38. The fourth-order valence-electron chi connectivity index (χ4n) is 3.46. The number of piperazine rings is 1. The highest BCUT2D eigenvalue weighted by Crippen LogP contribution is 2.24. The normalized spacial score (nSPS) is 15.2. The summed E-state index contributed by atoms with van der Waals surface area (Å²) in [6, 6.07) is 12.0. The Hall–Kier alpha value is -3.42. The molecule has 1 aliphatic rings. The van der Waals surface area contributed by atoms with Crippen LogP contribution in [-0.4, -0.2) is 53.8 Å². The molecule has 1 heterocycles. The van der Waals surface area contributed by atoms with Crippen LogP contribution in [-0.2, 0) is 20.9 Å². The van der Waals surface area contributed by atoms with Gasteiger partial charge in [0.15, 0.2) is 0 Å². The lowest BCUT2D eigenvalue weighted by atomic mass is 10.1. The molecule has 1 atom stereocenters. The molecular weight excluding hydrogens is 389 g/mol. The zero-order valence-electron chi connectivity index (χ0n) is 16.9. The Balaban J connectivity index is 1.68. The van der Waals surface area contributed by atoms with Crippen molar-refractivity contribution >= 4 is 23.4 Å². The van der Waals surface area contributed by atoms with E-state index in [0.29, 0.717) is 24.4 Å². The van der Waals surface area contributed by atoms with Crippen molar-refractivity contribution in [3.63, 3.8) is 0 Å². The average molecular weight is 413 g/mol. The number of nitrogens with one attached hydrogen (secondary N) is 1. The van der Waals surface area contributed by atoms with Gasteiger partial charge in [0.25, 0.3) is 0 Å². The molecule has 0 aromatic heterocycles. The molecule has 0 saturated carbocycles. The number of halogens is 1. The zero-order chi connectivity index (χ0) is 21.7. The topological polar surface area (TPSA) is 79.0 Å². The van der Waals surface area contributed by atoms with Gasteiger partial charge >= 0.3 is 11.8 Å². The van der Waals surface area contributed by atoms with Crippen LogP contribution in [0.5, 0.6) is 5.75 Å². The summed E-state index contributed by atoms with van der Waals surface area (Å²) in [4.78, 5) is 40.9. The van der Waals surface area contributed by atoms with Crippen LogP contribution in [0, 0.1) is 5.82 Å². The van der Waals surface area contributed by atoms with Gasteiger partial charge in [-0.05, 0) is 36.2 Å². The number of rotatable bonds is 7. The Morgan fingerprint density at radius 1 is 1.10 bits per heavy atom. The Labute approximate surface area is 174 Å². The summed E-state index contributed by atoms with van der Waals surface area (Å²) in [6.45, 7) is 2.53. The first-order valence-electron chi connectivity index (χ1n) is 9.72. The van der Waals surface area contributed by atoms with Gasteiger partial charge in [0.2, 0.25) is 5.91 Å². The maximum Gasteiger partial charge on any atom is 0.312 e. The number of methoxy groups -OCH3 is 1. The maximum absolute atomic E-state index is 13.1. The van der Waals surface area contributed by atoms with Gasteiger partial charge in [-0.3, -0.25) is 14.4 Å². The van der Waals surface area contributed by atoms with Crippen LogP contribution >= 0.6 is 0 Å². The van der Waals surface area contributed by atoms with E-state index in [1.54, 1.807) is 43.3 Å². The quantitative estimate of drug-likeness (QED) is 0.707. The summed E-state index contributed by atoms with van der Waals surface area (Å²) in [6.07, 6.45) is 0.359. The predicted octanol–water partition coefficient (Wildman–Crippen LogP) is 2.42. The minimum absolute atomic E-state index is 0.211. The van der Waals surface area contributed by atoms with E-state index in [1.165, 1.54) is 29.0 Å². The molecule has 1 saturated heterocycles. The summed E-state index contributed by atoms with van der Waals surface area (Å²) < 4.78 is 18.3. The summed E-state index contributed by atoms with van der Waals surface area (Å²) in [5, 5.41) is 2.78. The van der Waals surface area contributed by atoms with Gasteiger partial charge < -0.3 is 19.9 Å². The molecule has 8 heteroatoms. The predicted molar refractivity (Wildman–Crippen MR) is 109 cm³/mol. The maximum atomic E-state index is 13.1. The smallest absolute Gasteiger partial charge is 0.312 e. The highest BCUT2D eigenvalue weighted by atomic mass is 19.1. The minimum Gasteiger partial charge on any atom is -0.495 e. The number of benzene rings is 2. The summed E-state index contributed by atoms with van der Waals surface area (Å²) >= 11 is 0. The summed E-state index contributed by atoms with van der Waals surface area (Å²) in [5.41, 5.74) is 1.23. The molecule has 158 valence electrons. The van der Waals surface area contributed by atoms with Gasteiger partial charge in [0.1, 0.15) is 17.6 Å². The number of ether oxygens (including phenoxy) is 1. The van der Waals surface area contributed by atoms with Gasteiger partial charge in [-0.1, -0.05) is 31.2 Å². The van der Waals surface area contributed by atoms with Crippen molar-refractivity contribution in [2.45, 2.75) is 25.9 Å². The number of anilines is 1. The monoisotopic (exact) mass is 413 g/mol. The number of carbonyl (C=O) groups excluding carboxylic acids is 3. The second kappa shape index (κ2) is 9.39. The molecule has 1 fully saturated rings. The molecule has 0 spiro atoms. The van der Waals surface area contributed by atoms with E-state index in [4.69, 9.17) is 4.74 Å². The van der Waals surface area contributed by atoms with Gasteiger partial charge in [-0.2, -0.15) is 0 Å². The molecule has 1 aliphatic heterocycles. The van der Waals surface area contributed by atoms with Gasteiger partial charge in [0, 0.05) is 19.6 Å². The van der Waals surface area contributed by atoms with E-state index in [0.717, 1.165) is 5.56 Å².